The maximum atomic E-state index is 14.1. The highest BCUT2D eigenvalue weighted by atomic mass is 35.5. The minimum absolute atomic E-state index is 0.110. The van der Waals surface area contributed by atoms with Crippen LogP contribution in [0.4, 0.5) is 5.69 Å². The fourth-order valence-electron chi connectivity index (χ4n) is 4.07. The van der Waals surface area contributed by atoms with Gasteiger partial charge in [-0.05, 0) is 55.3 Å². The number of rotatable bonds is 12. The highest BCUT2D eigenvalue weighted by Gasteiger charge is 2.34. The third-order valence-corrected chi connectivity index (χ3v) is 8.56. The van der Waals surface area contributed by atoms with E-state index in [0.717, 1.165) is 16.1 Å². The maximum absolute atomic E-state index is 14.1. The Labute approximate surface area is 251 Å². The van der Waals surface area contributed by atoms with Gasteiger partial charge >= 0.3 is 0 Å². The lowest BCUT2D eigenvalue weighted by atomic mass is 10.0. The van der Waals surface area contributed by atoms with Crippen molar-refractivity contribution in [1.29, 1.82) is 0 Å². The number of benzene rings is 3. The molecule has 0 aliphatic carbocycles. The molecule has 0 radical (unpaired) electrons. The van der Waals surface area contributed by atoms with Crippen molar-refractivity contribution in [2.45, 2.75) is 45.3 Å². The maximum Gasteiger partial charge on any atom is 0.244 e. The van der Waals surface area contributed by atoms with Crippen LogP contribution in [0.2, 0.25) is 15.1 Å². The van der Waals surface area contributed by atoms with Gasteiger partial charge in [0.1, 0.15) is 12.6 Å². The van der Waals surface area contributed by atoms with Crippen LogP contribution in [-0.4, -0.2) is 50.0 Å². The summed E-state index contributed by atoms with van der Waals surface area (Å²) in [5, 5.41) is 4.04. The lowest BCUT2D eigenvalue weighted by Crippen LogP contribution is -2.54. The third-order valence-electron chi connectivity index (χ3n) is 6.46. The molecule has 3 aromatic rings. The van der Waals surface area contributed by atoms with Crippen molar-refractivity contribution in [2.75, 3.05) is 17.1 Å². The number of hydrogen-bond acceptors (Lipinski definition) is 4. The van der Waals surface area contributed by atoms with E-state index in [2.05, 4.69) is 5.32 Å². The van der Waals surface area contributed by atoms with Gasteiger partial charge in [0.25, 0.3) is 0 Å². The summed E-state index contributed by atoms with van der Waals surface area (Å²) in [5.74, 6) is -0.969. The Bertz CT molecular complexity index is 1400. The second kappa shape index (κ2) is 14.2. The number of halogens is 3. The van der Waals surface area contributed by atoms with E-state index < -0.39 is 28.5 Å². The first-order valence-electron chi connectivity index (χ1n) is 12.7. The Balaban J connectivity index is 2.10. The molecule has 0 bridgehead atoms. The summed E-state index contributed by atoms with van der Waals surface area (Å²) in [6.07, 6.45) is 1.89. The van der Waals surface area contributed by atoms with Gasteiger partial charge in [0.05, 0.1) is 11.9 Å². The molecule has 3 aromatic carbocycles. The summed E-state index contributed by atoms with van der Waals surface area (Å²) >= 11 is 19.0. The number of carbonyl (C=O) groups excluding carboxylic acids is 2. The van der Waals surface area contributed by atoms with E-state index in [0.29, 0.717) is 27.1 Å². The minimum atomic E-state index is -3.89. The molecule has 2 atom stereocenters. The average Bonchev–Trinajstić information content (AvgIpc) is 2.91. The van der Waals surface area contributed by atoms with Crippen LogP contribution in [0.25, 0.3) is 0 Å². The predicted molar refractivity (Wildman–Crippen MR) is 162 cm³/mol. The number of nitrogens with one attached hydrogen (secondary N) is 1. The molecule has 0 spiro atoms. The van der Waals surface area contributed by atoms with Gasteiger partial charge in [0.15, 0.2) is 0 Å². The summed E-state index contributed by atoms with van der Waals surface area (Å²) in [5.41, 5.74) is 1.54. The summed E-state index contributed by atoms with van der Waals surface area (Å²) in [7, 11) is -3.89. The first-order valence-corrected chi connectivity index (χ1v) is 15.7. The van der Waals surface area contributed by atoms with Crippen molar-refractivity contribution in [2.24, 2.45) is 0 Å². The van der Waals surface area contributed by atoms with Crippen LogP contribution in [0.1, 0.15) is 31.4 Å². The molecule has 1 N–H and O–H groups in total. The summed E-state index contributed by atoms with van der Waals surface area (Å²) in [4.78, 5) is 29.1. The zero-order valence-corrected chi connectivity index (χ0v) is 25.6. The Morgan fingerprint density at radius 3 is 2.05 bits per heavy atom. The molecular weight excluding hydrogens is 593 g/mol. The topological polar surface area (TPSA) is 86.8 Å². The Hall–Kier alpha value is -2.78. The Kier molecular flexibility index (Phi) is 11.3. The molecule has 0 heterocycles. The average molecular weight is 625 g/mol. The van der Waals surface area contributed by atoms with E-state index in [1.54, 1.807) is 30.3 Å². The van der Waals surface area contributed by atoms with Crippen LogP contribution in [0.3, 0.4) is 0 Å². The van der Waals surface area contributed by atoms with Crippen LogP contribution < -0.4 is 9.62 Å². The highest BCUT2D eigenvalue weighted by Crippen LogP contribution is 2.28. The van der Waals surface area contributed by atoms with E-state index in [-0.39, 0.29) is 30.6 Å². The normalized spacial score (nSPS) is 12.8. The molecule has 0 aliphatic heterocycles. The lowest BCUT2D eigenvalue weighted by molar-refractivity contribution is -0.140. The molecule has 0 aromatic heterocycles. The van der Waals surface area contributed by atoms with Gasteiger partial charge in [-0.15, -0.1) is 0 Å². The number of nitrogens with zero attached hydrogens (tertiary/aromatic N) is 2. The molecule has 0 saturated heterocycles. The number of sulfonamides is 1. The van der Waals surface area contributed by atoms with Crippen LogP contribution >= 0.6 is 34.8 Å². The van der Waals surface area contributed by atoms with Crippen molar-refractivity contribution < 1.29 is 18.0 Å². The number of anilines is 1. The molecule has 40 heavy (non-hydrogen) atoms. The lowest BCUT2D eigenvalue weighted by Gasteiger charge is -2.34. The molecule has 11 heteroatoms. The van der Waals surface area contributed by atoms with Crippen molar-refractivity contribution in [1.82, 2.24) is 10.2 Å². The predicted octanol–water partition coefficient (Wildman–Crippen LogP) is 5.97. The first-order chi connectivity index (χ1) is 18.9. The van der Waals surface area contributed by atoms with Gasteiger partial charge in [-0.25, -0.2) is 8.42 Å². The van der Waals surface area contributed by atoms with Crippen LogP contribution in [0, 0.1) is 0 Å². The first kappa shape index (κ1) is 31.7. The molecule has 0 aliphatic rings. The number of amides is 2. The molecule has 0 saturated carbocycles. The highest BCUT2D eigenvalue weighted by molar-refractivity contribution is 7.92. The number of hydrogen-bond donors (Lipinski definition) is 1. The SMILES string of the molecule is CCC(C)NC(=O)C(Cc1ccccc1)N(Cc1c(Cl)cccc1Cl)C(=O)CN(c1ccc(Cl)cc1)S(C)(=O)=O. The van der Waals surface area contributed by atoms with E-state index >= 15 is 0 Å². The fraction of sp³-hybridized carbons (Fsp3) is 0.310. The summed E-state index contributed by atoms with van der Waals surface area (Å²) in [6.45, 7) is 3.16. The van der Waals surface area contributed by atoms with E-state index in [9.17, 15) is 18.0 Å². The third kappa shape index (κ3) is 8.61. The summed E-state index contributed by atoms with van der Waals surface area (Å²) in [6, 6.07) is 19.3. The Morgan fingerprint density at radius 2 is 1.50 bits per heavy atom. The van der Waals surface area contributed by atoms with E-state index in [1.165, 1.54) is 17.0 Å². The van der Waals surface area contributed by atoms with Crippen molar-refractivity contribution >= 4 is 62.3 Å². The molecule has 2 unspecified atom stereocenters. The zero-order valence-electron chi connectivity index (χ0n) is 22.5. The largest absolute Gasteiger partial charge is 0.352 e. The molecular formula is C29H32Cl3N3O4S. The minimum Gasteiger partial charge on any atom is -0.352 e. The standard InChI is InChI=1S/C29H32Cl3N3O4S/c1-4-20(2)33-29(37)27(17-21-9-6-5-7-10-21)34(18-24-25(31)11-8-12-26(24)32)28(36)19-35(40(3,38)39)23-15-13-22(30)14-16-23/h5-16,20,27H,4,17-19H2,1-3H3,(H,33,37). The second-order valence-corrected chi connectivity index (χ2v) is 12.6. The quantitative estimate of drug-likeness (QED) is 0.269. The second-order valence-electron chi connectivity index (χ2n) is 9.49. The monoisotopic (exact) mass is 623 g/mol. The van der Waals surface area contributed by atoms with Crippen molar-refractivity contribution in [3.05, 3.63) is 99.0 Å². The number of carbonyl (C=O) groups is 2. The van der Waals surface area contributed by atoms with Crippen LogP contribution in [0.15, 0.2) is 72.8 Å². The summed E-state index contributed by atoms with van der Waals surface area (Å²) < 4.78 is 26.6. The fourth-order valence-corrected chi connectivity index (χ4v) is 5.56. The zero-order chi connectivity index (χ0) is 29.4. The van der Waals surface area contributed by atoms with Crippen LogP contribution in [0.5, 0.6) is 0 Å². The Morgan fingerprint density at radius 1 is 0.900 bits per heavy atom. The van der Waals surface area contributed by atoms with E-state index in [4.69, 9.17) is 34.8 Å². The molecule has 3 rings (SSSR count). The van der Waals surface area contributed by atoms with Crippen molar-refractivity contribution in [3.63, 3.8) is 0 Å². The van der Waals surface area contributed by atoms with Crippen molar-refractivity contribution in [3.8, 4) is 0 Å². The van der Waals surface area contributed by atoms with Gasteiger partial charge in [0, 0.05) is 39.6 Å². The van der Waals surface area contributed by atoms with E-state index in [1.807, 2.05) is 44.2 Å². The molecule has 214 valence electrons. The molecule has 2 amide bonds. The smallest absolute Gasteiger partial charge is 0.244 e. The van der Waals surface area contributed by atoms with Gasteiger partial charge in [0.2, 0.25) is 21.8 Å². The molecule has 7 nitrogen and oxygen atoms in total. The van der Waals surface area contributed by atoms with Gasteiger partial charge in [-0.1, -0.05) is 78.1 Å². The van der Waals surface area contributed by atoms with Gasteiger partial charge in [-0.2, -0.15) is 0 Å². The van der Waals surface area contributed by atoms with Gasteiger partial charge < -0.3 is 10.2 Å². The van der Waals surface area contributed by atoms with Crippen LogP contribution in [-0.2, 0) is 32.6 Å². The van der Waals surface area contributed by atoms with Gasteiger partial charge in [-0.3, -0.25) is 13.9 Å². The molecule has 0 fully saturated rings.